The first-order valence-corrected chi connectivity index (χ1v) is 6.29. The van der Waals surface area contributed by atoms with Crippen molar-refractivity contribution in [2.45, 2.75) is 6.04 Å². The number of aromatic nitrogens is 1. The van der Waals surface area contributed by atoms with Crippen LogP contribution in [0.25, 0.3) is 10.8 Å². The molecule has 3 rings (SSSR count). The third-order valence-corrected chi connectivity index (χ3v) is 3.18. The zero-order chi connectivity index (χ0) is 13.1. The highest BCUT2D eigenvalue weighted by molar-refractivity contribution is 6.03. The maximum absolute atomic E-state index is 12.1. The number of nitrogens with one attached hydrogen (secondary N) is 2. The van der Waals surface area contributed by atoms with Crippen LogP contribution in [0.4, 0.5) is 5.69 Å². The van der Waals surface area contributed by atoms with E-state index in [4.69, 9.17) is 4.74 Å². The second-order valence-electron chi connectivity index (χ2n) is 4.47. The molecule has 1 aliphatic rings. The quantitative estimate of drug-likeness (QED) is 0.847. The largest absolute Gasteiger partial charge is 0.378 e. The van der Waals surface area contributed by atoms with Gasteiger partial charge in [-0.1, -0.05) is 12.1 Å². The van der Waals surface area contributed by atoms with E-state index < -0.39 is 0 Å². The van der Waals surface area contributed by atoms with Crippen LogP contribution in [0.15, 0.2) is 36.7 Å². The number of nitrogens with zero attached hydrogens (tertiary/aromatic N) is 1. The molecule has 0 radical (unpaired) electrons. The molecule has 1 aliphatic heterocycles. The Kier molecular flexibility index (Phi) is 3.39. The smallest absolute Gasteiger partial charge is 0.243 e. The minimum atomic E-state index is -0.291. The lowest BCUT2D eigenvalue weighted by Crippen LogP contribution is -2.48. The van der Waals surface area contributed by atoms with E-state index >= 15 is 0 Å². The number of fused-ring (bicyclic) bond motifs is 1. The SMILES string of the molecule is O=C(Nc1cccc2ccncc12)C1COCCN1. The van der Waals surface area contributed by atoms with E-state index in [9.17, 15) is 4.79 Å². The molecule has 1 saturated heterocycles. The molecule has 5 heteroatoms. The van der Waals surface area contributed by atoms with Crippen molar-refractivity contribution in [2.24, 2.45) is 0 Å². The number of benzene rings is 1. The van der Waals surface area contributed by atoms with Crippen molar-refractivity contribution in [3.05, 3.63) is 36.7 Å². The Labute approximate surface area is 111 Å². The molecule has 0 saturated carbocycles. The Morgan fingerprint density at radius 2 is 2.37 bits per heavy atom. The number of hydrogen-bond donors (Lipinski definition) is 2. The topological polar surface area (TPSA) is 63.2 Å². The van der Waals surface area contributed by atoms with E-state index in [2.05, 4.69) is 15.6 Å². The van der Waals surface area contributed by atoms with Crippen LogP contribution in [0.3, 0.4) is 0 Å². The molecule has 0 bridgehead atoms. The fourth-order valence-electron chi connectivity index (χ4n) is 2.18. The van der Waals surface area contributed by atoms with Gasteiger partial charge in [0.25, 0.3) is 0 Å². The summed E-state index contributed by atoms with van der Waals surface area (Å²) < 4.78 is 5.29. The molecular formula is C14H15N3O2. The average Bonchev–Trinajstić information content (AvgIpc) is 2.48. The number of ether oxygens (including phenoxy) is 1. The van der Waals surface area contributed by atoms with Gasteiger partial charge < -0.3 is 15.4 Å². The highest BCUT2D eigenvalue weighted by Gasteiger charge is 2.21. The predicted molar refractivity (Wildman–Crippen MR) is 73.0 cm³/mol. The van der Waals surface area contributed by atoms with Crippen molar-refractivity contribution < 1.29 is 9.53 Å². The minimum absolute atomic E-state index is 0.0731. The third kappa shape index (κ3) is 2.57. The van der Waals surface area contributed by atoms with Gasteiger partial charge in [0.05, 0.1) is 18.9 Å². The fourth-order valence-corrected chi connectivity index (χ4v) is 2.18. The van der Waals surface area contributed by atoms with Gasteiger partial charge in [-0.25, -0.2) is 0 Å². The van der Waals surface area contributed by atoms with Crippen molar-refractivity contribution in [3.8, 4) is 0 Å². The molecule has 2 aromatic rings. The number of hydrogen-bond acceptors (Lipinski definition) is 4. The fraction of sp³-hybridized carbons (Fsp3) is 0.286. The first kappa shape index (κ1) is 12.1. The van der Waals surface area contributed by atoms with Gasteiger partial charge in [0, 0.05) is 24.3 Å². The molecule has 1 fully saturated rings. The van der Waals surface area contributed by atoms with E-state index in [-0.39, 0.29) is 11.9 Å². The number of anilines is 1. The number of pyridine rings is 1. The second kappa shape index (κ2) is 5.34. The van der Waals surface area contributed by atoms with Gasteiger partial charge in [-0.15, -0.1) is 0 Å². The van der Waals surface area contributed by atoms with Crippen LogP contribution >= 0.6 is 0 Å². The molecule has 1 amide bonds. The molecule has 1 aromatic carbocycles. The van der Waals surface area contributed by atoms with E-state index in [1.807, 2.05) is 24.3 Å². The summed E-state index contributed by atoms with van der Waals surface area (Å²) in [6, 6.07) is 7.43. The van der Waals surface area contributed by atoms with Gasteiger partial charge in [-0.05, 0) is 17.5 Å². The highest BCUT2D eigenvalue weighted by atomic mass is 16.5. The standard InChI is InChI=1S/C14H15N3O2/c18-14(13-9-19-7-6-16-13)17-12-3-1-2-10-4-5-15-8-11(10)12/h1-5,8,13,16H,6-7,9H2,(H,17,18). The van der Waals surface area contributed by atoms with Crippen LogP contribution in [0.1, 0.15) is 0 Å². The van der Waals surface area contributed by atoms with Crippen LogP contribution in [-0.4, -0.2) is 36.7 Å². The monoisotopic (exact) mass is 257 g/mol. The number of rotatable bonds is 2. The lowest BCUT2D eigenvalue weighted by Gasteiger charge is -2.23. The molecule has 1 aromatic heterocycles. The lowest BCUT2D eigenvalue weighted by molar-refractivity contribution is -0.120. The summed E-state index contributed by atoms with van der Waals surface area (Å²) in [4.78, 5) is 16.2. The van der Waals surface area contributed by atoms with E-state index in [0.717, 1.165) is 16.5 Å². The normalized spacial score (nSPS) is 19.3. The second-order valence-corrected chi connectivity index (χ2v) is 4.47. The number of carbonyl (C=O) groups excluding carboxylic acids is 1. The summed E-state index contributed by atoms with van der Waals surface area (Å²) in [5.41, 5.74) is 0.781. The summed E-state index contributed by atoms with van der Waals surface area (Å²) in [6.07, 6.45) is 3.50. The molecule has 2 heterocycles. The molecule has 98 valence electrons. The van der Waals surface area contributed by atoms with Crippen molar-refractivity contribution in [1.82, 2.24) is 10.3 Å². The van der Waals surface area contributed by atoms with Gasteiger partial charge in [0.1, 0.15) is 6.04 Å². The van der Waals surface area contributed by atoms with Gasteiger partial charge in [-0.2, -0.15) is 0 Å². The molecule has 1 atom stereocenters. The third-order valence-electron chi connectivity index (χ3n) is 3.18. The molecule has 2 N–H and O–H groups in total. The van der Waals surface area contributed by atoms with Crippen LogP contribution in [-0.2, 0) is 9.53 Å². The number of carbonyl (C=O) groups is 1. The molecule has 5 nitrogen and oxygen atoms in total. The summed E-state index contributed by atoms with van der Waals surface area (Å²) in [5.74, 6) is -0.0731. The molecular weight excluding hydrogens is 242 g/mol. The Morgan fingerprint density at radius 3 is 3.21 bits per heavy atom. The van der Waals surface area contributed by atoms with Crippen LogP contribution in [0.5, 0.6) is 0 Å². The zero-order valence-corrected chi connectivity index (χ0v) is 10.4. The van der Waals surface area contributed by atoms with Crippen LogP contribution in [0.2, 0.25) is 0 Å². The van der Waals surface area contributed by atoms with Gasteiger partial charge in [0.2, 0.25) is 5.91 Å². The van der Waals surface area contributed by atoms with Crippen LogP contribution in [0, 0.1) is 0 Å². The first-order chi connectivity index (χ1) is 9.34. The van der Waals surface area contributed by atoms with E-state index in [0.29, 0.717) is 19.8 Å². The Bertz CT molecular complexity index is 589. The number of morpholine rings is 1. The Hall–Kier alpha value is -1.98. The lowest BCUT2D eigenvalue weighted by atomic mass is 10.1. The van der Waals surface area contributed by atoms with Gasteiger partial charge in [-0.3, -0.25) is 9.78 Å². The van der Waals surface area contributed by atoms with Gasteiger partial charge in [0.15, 0.2) is 0 Å². The highest BCUT2D eigenvalue weighted by Crippen LogP contribution is 2.22. The average molecular weight is 257 g/mol. The van der Waals surface area contributed by atoms with Crippen molar-refractivity contribution in [1.29, 1.82) is 0 Å². The maximum atomic E-state index is 12.1. The maximum Gasteiger partial charge on any atom is 0.243 e. The summed E-state index contributed by atoms with van der Waals surface area (Å²) >= 11 is 0. The Morgan fingerprint density at radius 1 is 1.42 bits per heavy atom. The summed E-state index contributed by atoms with van der Waals surface area (Å²) in [5, 5.41) is 8.06. The zero-order valence-electron chi connectivity index (χ0n) is 10.4. The van der Waals surface area contributed by atoms with E-state index in [1.54, 1.807) is 12.4 Å². The molecule has 19 heavy (non-hydrogen) atoms. The summed E-state index contributed by atoms with van der Waals surface area (Å²) in [6.45, 7) is 1.77. The van der Waals surface area contributed by atoms with Crippen LogP contribution < -0.4 is 10.6 Å². The van der Waals surface area contributed by atoms with E-state index in [1.165, 1.54) is 0 Å². The first-order valence-electron chi connectivity index (χ1n) is 6.29. The van der Waals surface area contributed by atoms with Crippen molar-refractivity contribution in [3.63, 3.8) is 0 Å². The number of amides is 1. The molecule has 1 unspecified atom stereocenters. The van der Waals surface area contributed by atoms with Crippen molar-refractivity contribution >= 4 is 22.4 Å². The molecule has 0 spiro atoms. The minimum Gasteiger partial charge on any atom is -0.378 e. The summed E-state index contributed by atoms with van der Waals surface area (Å²) in [7, 11) is 0. The predicted octanol–water partition coefficient (Wildman–Crippen LogP) is 1.16. The van der Waals surface area contributed by atoms with Gasteiger partial charge >= 0.3 is 0 Å². The Balaban J connectivity index is 1.82. The van der Waals surface area contributed by atoms with Crippen molar-refractivity contribution in [2.75, 3.05) is 25.1 Å². The molecule has 0 aliphatic carbocycles.